The van der Waals surface area contributed by atoms with Crippen molar-refractivity contribution in [2.45, 2.75) is 412 Å². The van der Waals surface area contributed by atoms with Crippen molar-refractivity contribution in [3.63, 3.8) is 0 Å². The first-order valence-electron chi connectivity index (χ1n) is 39.2. The molecule has 0 aromatic heterocycles. The fraction of sp³-hybridized carbons (Fsp3) is 0.947. The molecular weight excluding hydrogens is 1230 g/mol. The van der Waals surface area contributed by atoms with E-state index in [4.69, 9.17) is 37.0 Å². The Kier molecular flexibility index (Phi) is 66.8. The summed E-state index contributed by atoms with van der Waals surface area (Å²) >= 11 is 0. The molecule has 3 unspecified atom stereocenters. The van der Waals surface area contributed by atoms with E-state index in [1.54, 1.807) is 0 Å². The first-order valence-corrected chi connectivity index (χ1v) is 42.2. The van der Waals surface area contributed by atoms with Crippen molar-refractivity contribution < 1.29 is 80.2 Å². The van der Waals surface area contributed by atoms with Crippen molar-refractivity contribution in [2.75, 3.05) is 39.6 Å². The predicted molar refractivity (Wildman–Crippen MR) is 382 cm³/mol. The average Bonchev–Trinajstić information content (AvgIpc) is 1.27. The summed E-state index contributed by atoms with van der Waals surface area (Å²) in [4.78, 5) is 72.7. The topological polar surface area (TPSA) is 237 Å². The zero-order valence-corrected chi connectivity index (χ0v) is 62.9. The van der Waals surface area contributed by atoms with Crippen LogP contribution in [0.5, 0.6) is 0 Å². The highest BCUT2D eigenvalue weighted by molar-refractivity contribution is 7.47. The summed E-state index contributed by atoms with van der Waals surface area (Å²) in [7, 11) is -9.90. The lowest BCUT2D eigenvalue weighted by Gasteiger charge is -2.21. The Morgan fingerprint density at radius 2 is 0.511 bits per heavy atom. The molecule has 0 aliphatic rings. The number of carbonyl (C=O) groups excluding carboxylic acids is 4. The van der Waals surface area contributed by atoms with Crippen LogP contribution in [0.4, 0.5) is 0 Å². The minimum Gasteiger partial charge on any atom is -0.462 e. The number of aliphatic hydroxyl groups is 1. The second-order valence-electron chi connectivity index (χ2n) is 27.3. The molecule has 0 radical (unpaired) electrons. The minimum absolute atomic E-state index is 0.103. The lowest BCUT2D eigenvalue weighted by molar-refractivity contribution is -0.161. The Hall–Kier alpha value is -1.94. The van der Waals surface area contributed by atoms with Crippen LogP contribution in [-0.2, 0) is 65.4 Å². The van der Waals surface area contributed by atoms with E-state index in [2.05, 4.69) is 34.6 Å². The number of hydrogen-bond donors (Lipinski definition) is 3. The van der Waals surface area contributed by atoms with Crippen LogP contribution in [0, 0.1) is 5.92 Å². The number of aliphatic hydroxyl groups excluding tert-OH is 1. The summed E-state index contributed by atoms with van der Waals surface area (Å²) < 4.78 is 68.4. The van der Waals surface area contributed by atoms with Crippen LogP contribution >= 0.6 is 15.6 Å². The fourth-order valence-electron chi connectivity index (χ4n) is 11.5. The molecular formula is C75H146O17P2. The fourth-order valence-corrected chi connectivity index (χ4v) is 13.1. The maximum atomic E-state index is 13.1. The number of esters is 4. The molecule has 0 amide bonds. The Balaban J connectivity index is 5.20. The van der Waals surface area contributed by atoms with Gasteiger partial charge >= 0.3 is 39.5 Å². The number of hydrogen-bond acceptors (Lipinski definition) is 15. The number of phosphoric ester groups is 2. The number of rotatable bonds is 75. The molecule has 0 aliphatic heterocycles. The van der Waals surface area contributed by atoms with Gasteiger partial charge in [-0.3, -0.25) is 37.3 Å². The van der Waals surface area contributed by atoms with Gasteiger partial charge in [0.25, 0.3) is 0 Å². The van der Waals surface area contributed by atoms with Crippen molar-refractivity contribution >= 4 is 39.5 Å². The van der Waals surface area contributed by atoms with Gasteiger partial charge in [-0.25, -0.2) is 9.13 Å². The minimum atomic E-state index is -4.96. The molecule has 19 heteroatoms. The van der Waals surface area contributed by atoms with Gasteiger partial charge in [0.2, 0.25) is 0 Å². The van der Waals surface area contributed by atoms with Gasteiger partial charge in [-0.2, -0.15) is 0 Å². The van der Waals surface area contributed by atoms with E-state index in [1.807, 2.05) is 0 Å². The van der Waals surface area contributed by atoms with Gasteiger partial charge in [-0.1, -0.05) is 343 Å². The molecule has 6 atom stereocenters. The molecule has 0 heterocycles. The average molecular weight is 1380 g/mol. The molecule has 0 aliphatic carbocycles. The molecule has 0 saturated carbocycles. The second kappa shape index (κ2) is 68.2. The van der Waals surface area contributed by atoms with E-state index >= 15 is 0 Å². The second-order valence-corrected chi connectivity index (χ2v) is 30.2. The van der Waals surface area contributed by atoms with Crippen molar-refractivity contribution in [3.05, 3.63) is 0 Å². The maximum Gasteiger partial charge on any atom is 0.472 e. The molecule has 0 saturated heterocycles. The van der Waals surface area contributed by atoms with Gasteiger partial charge in [0, 0.05) is 25.7 Å². The molecule has 0 rings (SSSR count). The van der Waals surface area contributed by atoms with E-state index in [0.29, 0.717) is 25.7 Å². The summed E-state index contributed by atoms with van der Waals surface area (Å²) in [5, 5.41) is 10.6. The van der Waals surface area contributed by atoms with E-state index in [9.17, 15) is 43.2 Å². The SMILES string of the molecule is CCCCCCCCCCCCCCCCCCCCCC(=O)O[C@H](COC(=O)CCCCCCCCCCCCCCCCCC)COP(=O)(O)OC[C@@H](O)COP(=O)(O)OC[C@@H](COC(=O)CCCCCCCCCCC)OC(=O)CCCCCCCCC(C)CC. The highest BCUT2D eigenvalue weighted by Gasteiger charge is 2.30. The lowest BCUT2D eigenvalue weighted by Crippen LogP contribution is -2.30. The van der Waals surface area contributed by atoms with Crippen molar-refractivity contribution in [3.8, 4) is 0 Å². The molecule has 558 valence electrons. The van der Waals surface area contributed by atoms with Crippen LogP contribution in [0.1, 0.15) is 394 Å². The van der Waals surface area contributed by atoms with Crippen LogP contribution < -0.4 is 0 Å². The molecule has 17 nitrogen and oxygen atoms in total. The van der Waals surface area contributed by atoms with Gasteiger partial charge in [0.05, 0.1) is 26.4 Å². The summed E-state index contributed by atoms with van der Waals surface area (Å²) in [6.45, 7) is 7.22. The number of carbonyl (C=O) groups is 4. The van der Waals surface area contributed by atoms with E-state index in [-0.39, 0.29) is 25.7 Å². The van der Waals surface area contributed by atoms with Crippen molar-refractivity contribution in [1.82, 2.24) is 0 Å². The maximum absolute atomic E-state index is 13.1. The standard InChI is InChI=1S/C75H146O17P2/c1-6-10-13-16-19-22-24-26-28-30-31-32-34-36-38-41-44-50-55-60-74(79)91-70(64-86-73(78)59-54-49-43-40-37-35-33-29-27-25-23-20-17-14-11-7-2)66-89-93(81,82)87-62-69(76)63-88-94(83,84)90-67-71(65-85-72(77)58-53-48-42-39-21-18-15-12-8-3)92-75(80)61-56-51-46-45-47-52-57-68(5)9-4/h68-71,76H,6-67H2,1-5H3,(H,81,82)(H,83,84)/t68?,69-,70-,71-/m1/s1. The number of ether oxygens (including phenoxy) is 4. The quantitative estimate of drug-likeness (QED) is 0.0222. The summed E-state index contributed by atoms with van der Waals surface area (Å²) in [6.07, 6.45) is 57.0. The lowest BCUT2D eigenvalue weighted by atomic mass is 10.00. The Morgan fingerprint density at radius 1 is 0.298 bits per heavy atom. The van der Waals surface area contributed by atoms with Crippen LogP contribution in [0.15, 0.2) is 0 Å². The third kappa shape index (κ3) is 67.3. The van der Waals surface area contributed by atoms with E-state index in [0.717, 1.165) is 95.8 Å². The van der Waals surface area contributed by atoms with E-state index in [1.165, 1.54) is 218 Å². The zero-order chi connectivity index (χ0) is 69.1. The molecule has 0 aromatic rings. The third-order valence-corrected chi connectivity index (χ3v) is 19.8. The first-order chi connectivity index (χ1) is 45.6. The summed E-state index contributed by atoms with van der Waals surface area (Å²) in [6, 6.07) is 0. The Labute approximate surface area is 575 Å². The number of phosphoric acid groups is 2. The van der Waals surface area contributed by atoms with Gasteiger partial charge in [-0.05, 0) is 31.6 Å². The van der Waals surface area contributed by atoms with Crippen LogP contribution in [-0.4, -0.2) is 96.7 Å². The molecule has 0 fully saturated rings. The molecule has 94 heavy (non-hydrogen) atoms. The van der Waals surface area contributed by atoms with E-state index < -0.39 is 97.5 Å². The molecule has 0 spiro atoms. The first kappa shape index (κ1) is 92.1. The normalized spacial score (nSPS) is 14.3. The van der Waals surface area contributed by atoms with Gasteiger partial charge in [0.1, 0.15) is 19.3 Å². The number of unbranched alkanes of at least 4 members (excludes halogenated alkanes) is 46. The third-order valence-electron chi connectivity index (χ3n) is 17.9. The van der Waals surface area contributed by atoms with Gasteiger partial charge in [0.15, 0.2) is 12.2 Å². The molecule has 0 bridgehead atoms. The monoisotopic (exact) mass is 1380 g/mol. The van der Waals surface area contributed by atoms with Crippen LogP contribution in [0.2, 0.25) is 0 Å². The predicted octanol–water partition coefficient (Wildman–Crippen LogP) is 22.1. The highest BCUT2D eigenvalue weighted by atomic mass is 31.2. The molecule has 0 aromatic carbocycles. The highest BCUT2D eigenvalue weighted by Crippen LogP contribution is 2.45. The smallest absolute Gasteiger partial charge is 0.462 e. The van der Waals surface area contributed by atoms with Crippen LogP contribution in [0.3, 0.4) is 0 Å². The zero-order valence-electron chi connectivity index (χ0n) is 61.1. The Bertz CT molecular complexity index is 1810. The Morgan fingerprint density at radius 3 is 0.755 bits per heavy atom. The summed E-state index contributed by atoms with van der Waals surface area (Å²) in [5.41, 5.74) is 0. The molecule has 3 N–H and O–H groups in total. The van der Waals surface area contributed by atoms with Crippen molar-refractivity contribution in [1.29, 1.82) is 0 Å². The van der Waals surface area contributed by atoms with Gasteiger partial charge < -0.3 is 33.8 Å². The summed E-state index contributed by atoms with van der Waals surface area (Å²) in [5.74, 6) is -1.40. The van der Waals surface area contributed by atoms with Crippen LogP contribution in [0.25, 0.3) is 0 Å². The van der Waals surface area contributed by atoms with Crippen molar-refractivity contribution in [2.24, 2.45) is 5.92 Å². The van der Waals surface area contributed by atoms with Gasteiger partial charge in [-0.15, -0.1) is 0 Å². The largest absolute Gasteiger partial charge is 0.472 e.